The molecule has 4 aromatic rings. The minimum absolute atomic E-state index is 0.0557. The fourth-order valence-electron chi connectivity index (χ4n) is 3.91. The third kappa shape index (κ3) is 3.36. The van der Waals surface area contributed by atoms with Crippen molar-refractivity contribution in [2.75, 3.05) is 0 Å². The van der Waals surface area contributed by atoms with Crippen molar-refractivity contribution in [1.29, 1.82) is 0 Å². The average molecular weight is 432 g/mol. The number of nitrogens with zero attached hydrogens (tertiary/aromatic N) is 5. The lowest BCUT2D eigenvalue weighted by Gasteiger charge is -2.35. The highest BCUT2D eigenvalue weighted by Crippen LogP contribution is 2.39. The number of halogens is 3. The summed E-state index contributed by atoms with van der Waals surface area (Å²) in [7, 11) is 0. The number of hydrogen-bond acceptors (Lipinski definition) is 4. The average Bonchev–Trinajstić information content (AvgIpc) is 3.29. The Balaban J connectivity index is 1.93. The number of aryl methyl sites for hydroxylation is 2. The van der Waals surface area contributed by atoms with Gasteiger partial charge in [-0.1, -0.05) is 17.7 Å². The molecular weight excluding hydrogens is 412 g/mol. The van der Waals surface area contributed by atoms with E-state index in [4.69, 9.17) is 11.6 Å². The molecule has 0 radical (unpaired) electrons. The van der Waals surface area contributed by atoms with Crippen LogP contribution in [0, 0.1) is 25.5 Å². The molecule has 0 amide bonds. The topological polar surface area (TPSA) is 68.8 Å². The van der Waals surface area contributed by atoms with Crippen LogP contribution in [-0.4, -0.2) is 29.7 Å². The van der Waals surface area contributed by atoms with Gasteiger partial charge >= 0.3 is 0 Å². The molecule has 1 N–H and O–H groups in total. The van der Waals surface area contributed by atoms with Crippen LogP contribution in [-0.2, 0) is 12.1 Å². The van der Waals surface area contributed by atoms with Crippen molar-refractivity contribution < 1.29 is 13.9 Å². The van der Waals surface area contributed by atoms with Crippen LogP contribution in [0.1, 0.15) is 29.8 Å². The van der Waals surface area contributed by atoms with E-state index in [9.17, 15) is 13.9 Å². The number of benzene rings is 2. The van der Waals surface area contributed by atoms with Gasteiger partial charge in [0, 0.05) is 22.0 Å². The molecule has 0 aliphatic heterocycles. The van der Waals surface area contributed by atoms with Gasteiger partial charge in [0.05, 0.1) is 23.8 Å². The largest absolute Gasteiger partial charge is 0.381 e. The molecule has 4 rings (SSSR count). The molecule has 2 aromatic heterocycles. The molecule has 2 atom stereocenters. The first-order chi connectivity index (χ1) is 14.2. The van der Waals surface area contributed by atoms with E-state index >= 15 is 0 Å². The molecule has 2 aromatic carbocycles. The SMILES string of the molecule is Cc1nn([C@H](C)[C@](O)(Cn2cncn2)c2ccc(F)cc2F)c2c(C)cc(Cl)cc12. The zero-order valence-corrected chi connectivity index (χ0v) is 17.4. The summed E-state index contributed by atoms with van der Waals surface area (Å²) in [5.41, 5.74) is 0.518. The summed E-state index contributed by atoms with van der Waals surface area (Å²) in [6, 6.07) is 6.01. The second-order valence-corrected chi connectivity index (χ2v) is 7.90. The van der Waals surface area contributed by atoms with Crippen LogP contribution in [0.5, 0.6) is 0 Å². The van der Waals surface area contributed by atoms with E-state index < -0.39 is 23.3 Å². The lowest BCUT2D eigenvalue weighted by Crippen LogP contribution is -2.41. The first kappa shape index (κ1) is 20.4. The summed E-state index contributed by atoms with van der Waals surface area (Å²) in [5.74, 6) is -1.57. The molecule has 0 unspecified atom stereocenters. The Kier molecular flexibility index (Phi) is 5.07. The van der Waals surface area contributed by atoms with Gasteiger partial charge < -0.3 is 5.11 Å². The second kappa shape index (κ2) is 7.45. The van der Waals surface area contributed by atoms with Gasteiger partial charge in [0.15, 0.2) is 0 Å². The second-order valence-electron chi connectivity index (χ2n) is 7.47. The van der Waals surface area contributed by atoms with Crippen molar-refractivity contribution in [2.45, 2.75) is 39.0 Å². The van der Waals surface area contributed by atoms with E-state index in [1.165, 1.54) is 23.4 Å². The zero-order valence-electron chi connectivity index (χ0n) is 16.6. The highest BCUT2D eigenvalue weighted by molar-refractivity contribution is 6.31. The van der Waals surface area contributed by atoms with Crippen molar-refractivity contribution in [3.05, 3.63) is 76.5 Å². The van der Waals surface area contributed by atoms with Crippen molar-refractivity contribution in [3.8, 4) is 0 Å². The summed E-state index contributed by atoms with van der Waals surface area (Å²) in [6.07, 6.45) is 2.75. The van der Waals surface area contributed by atoms with Gasteiger partial charge in [0.1, 0.15) is 29.9 Å². The Hall–Kier alpha value is -2.84. The Bertz CT molecular complexity index is 1220. The molecule has 0 aliphatic carbocycles. The highest BCUT2D eigenvalue weighted by atomic mass is 35.5. The molecule has 0 saturated carbocycles. The molecule has 0 saturated heterocycles. The van der Waals surface area contributed by atoms with Crippen LogP contribution in [0.25, 0.3) is 10.9 Å². The van der Waals surface area contributed by atoms with Crippen LogP contribution in [0.3, 0.4) is 0 Å². The molecule has 156 valence electrons. The standard InChI is InChI=1S/C21H20ClF2N5O/c1-12-6-15(22)7-17-13(2)27-29(20(12)17)14(3)21(30,9-28-11-25-10-26-28)18-5-4-16(23)8-19(18)24/h4-8,10-11,14,30H,9H2,1-3H3/t14-,21-/m1/s1. The van der Waals surface area contributed by atoms with Gasteiger partial charge in [-0.25, -0.2) is 18.4 Å². The van der Waals surface area contributed by atoms with Gasteiger partial charge in [-0.3, -0.25) is 4.68 Å². The number of hydrogen-bond donors (Lipinski definition) is 1. The smallest absolute Gasteiger partial charge is 0.137 e. The molecule has 9 heteroatoms. The summed E-state index contributed by atoms with van der Waals surface area (Å²) in [5, 5.41) is 21.9. The van der Waals surface area contributed by atoms with Gasteiger partial charge in [-0.15, -0.1) is 0 Å². The van der Waals surface area contributed by atoms with Crippen LogP contribution in [0.2, 0.25) is 5.02 Å². The predicted octanol–water partition coefficient (Wildman–Crippen LogP) is 4.33. The third-order valence-corrected chi connectivity index (χ3v) is 5.69. The minimum Gasteiger partial charge on any atom is -0.381 e. The molecule has 30 heavy (non-hydrogen) atoms. The van der Waals surface area contributed by atoms with E-state index in [0.717, 1.165) is 34.3 Å². The molecule has 0 aliphatic rings. The van der Waals surface area contributed by atoms with E-state index in [1.54, 1.807) is 11.6 Å². The molecule has 0 bridgehead atoms. The molecule has 2 heterocycles. The van der Waals surface area contributed by atoms with Gasteiger partial charge in [-0.05, 0) is 44.5 Å². The lowest BCUT2D eigenvalue weighted by molar-refractivity contribution is -0.0355. The first-order valence-electron chi connectivity index (χ1n) is 9.36. The van der Waals surface area contributed by atoms with Crippen molar-refractivity contribution in [1.82, 2.24) is 24.5 Å². The number of aromatic nitrogens is 5. The van der Waals surface area contributed by atoms with Gasteiger partial charge in [0.25, 0.3) is 0 Å². The Morgan fingerprint density at radius 2 is 1.97 bits per heavy atom. The molecular formula is C21H20ClF2N5O. The van der Waals surface area contributed by atoms with Crippen molar-refractivity contribution in [2.24, 2.45) is 0 Å². The predicted molar refractivity (Wildman–Crippen MR) is 109 cm³/mol. The fourth-order valence-corrected chi connectivity index (χ4v) is 4.18. The summed E-state index contributed by atoms with van der Waals surface area (Å²) in [4.78, 5) is 3.90. The quantitative estimate of drug-likeness (QED) is 0.510. The summed E-state index contributed by atoms with van der Waals surface area (Å²) < 4.78 is 31.4. The Morgan fingerprint density at radius 3 is 2.63 bits per heavy atom. The van der Waals surface area contributed by atoms with E-state index in [2.05, 4.69) is 15.2 Å². The van der Waals surface area contributed by atoms with E-state index in [0.29, 0.717) is 5.02 Å². The normalized spacial score (nSPS) is 14.8. The number of aliphatic hydroxyl groups is 1. The fraction of sp³-hybridized carbons (Fsp3) is 0.286. The van der Waals surface area contributed by atoms with Crippen molar-refractivity contribution >= 4 is 22.5 Å². The van der Waals surface area contributed by atoms with Crippen LogP contribution < -0.4 is 0 Å². The number of fused-ring (bicyclic) bond motifs is 1. The number of rotatable bonds is 5. The zero-order chi connectivity index (χ0) is 21.6. The Labute approximate surface area is 176 Å². The first-order valence-corrected chi connectivity index (χ1v) is 9.74. The van der Waals surface area contributed by atoms with Gasteiger partial charge in [0.2, 0.25) is 0 Å². The molecule has 0 spiro atoms. The van der Waals surface area contributed by atoms with Crippen LogP contribution in [0.4, 0.5) is 8.78 Å². The van der Waals surface area contributed by atoms with Crippen LogP contribution in [0.15, 0.2) is 43.0 Å². The van der Waals surface area contributed by atoms with E-state index in [1.807, 2.05) is 26.0 Å². The lowest BCUT2D eigenvalue weighted by atomic mass is 9.86. The third-order valence-electron chi connectivity index (χ3n) is 5.47. The monoisotopic (exact) mass is 431 g/mol. The summed E-state index contributed by atoms with van der Waals surface area (Å²) >= 11 is 6.21. The van der Waals surface area contributed by atoms with Crippen LogP contribution >= 0.6 is 11.6 Å². The van der Waals surface area contributed by atoms with Crippen molar-refractivity contribution in [3.63, 3.8) is 0 Å². The molecule has 0 fully saturated rings. The molecule has 6 nitrogen and oxygen atoms in total. The minimum atomic E-state index is -1.80. The Morgan fingerprint density at radius 1 is 1.20 bits per heavy atom. The maximum atomic E-state index is 14.8. The maximum Gasteiger partial charge on any atom is 0.137 e. The van der Waals surface area contributed by atoms with E-state index in [-0.39, 0.29) is 12.1 Å². The highest BCUT2D eigenvalue weighted by Gasteiger charge is 2.41. The summed E-state index contributed by atoms with van der Waals surface area (Å²) in [6.45, 7) is 5.37. The maximum absolute atomic E-state index is 14.8. The van der Waals surface area contributed by atoms with Gasteiger partial charge in [-0.2, -0.15) is 10.2 Å².